The summed E-state index contributed by atoms with van der Waals surface area (Å²) in [5, 5.41) is 7.26. The average molecular weight is 682 g/mol. The summed E-state index contributed by atoms with van der Waals surface area (Å²) in [6, 6.07) is 52.6. The number of benzene rings is 8. The number of nitrogens with zero attached hydrogens (tertiary/aromatic N) is 3. The number of hydrogen-bond acceptors (Lipinski definition) is 5. The molecule has 1 aliphatic heterocycles. The van der Waals surface area contributed by atoms with Crippen LogP contribution in [0.5, 0.6) is 23.0 Å². The Morgan fingerprint density at radius 1 is 0.358 bits per heavy atom. The highest BCUT2D eigenvalue weighted by Crippen LogP contribution is 2.55. The van der Waals surface area contributed by atoms with Crippen molar-refractivity contribution in [3.8, 4) is 68.3 Å². The number of fused-ring (bicyclic) bond motifs is 11. The van der Waals surface area contributed by atoms with Gasteiger partial charge in [0.1, 0.15) is 0 Å². The van der Waals surface area contributed by atoms with Crippen LogP contribution in [0.4, 0.5) is 0 Å². The van der Waals surface area contributed by atoms with Crippen LogP contribution in [0.15, 0.2) is 152 Å². The first-order valence-electron chi connectivity index (χ1n) is 17.9. The maximum absolute atomic E-state index is 6.61. The third-order valence-corrected chi connectivity index (χ3v) is 11.0. The Morgan fingerprint density at radius 3 is 1.58 bits per heavy atom. The molecule has 0 fully saturated rings. The minimum atomic E-state index is -0.132. The van der Waals surface area contributed by atoms with Gasteiger partial charge in [0.25, 0.3) is 0 Å². The van der Waals surface area contributed by atoms with Crippen LogP contribution in [-0.4, -0.2) is 15.0 Å². The molecule has 8 aromatic carbocycles. The first-order valence-corrected chi connectivity index (χ1v) is 17.9. The molecule has 0 amide bonds. The Hall–Kier alpha value is -6.85. The van der Waals surface area contributed by atoms with E-state index in [9.17, 15) is 0 Å². The van der Waals surface area contributed by atoms with Crippen LogP contribution >= 0.6 is 0 Å². The van der Waals surface area contributed by atoms with Crippen molar-refractivity contribution < 1.29 is 9.47 Å². The zero-order valence-corrected chi connectivity index (χ0v) is 29.1. The van der Waals surface area contributed by atoms with E-state index < -0.39 is 0 Å². The lowest BCUT2D eigenvalue weighted by Crippen LogP contribution is -2.15. The molecule has 5 heteroatoms. The maximum atomic E-state index is 6.61. The van der Waals surface area contributed by atoms with E-state index in [2.05, 4.69) is 117 Å². The molecular formula is C48H31N3O2. The van der Waals surface area contributed by atoms with Crippen molar-refractivity contribution in [1.29, 1.82) is 0 Å². The third-order valence-electron chi connectivity index (χ3n) is 11.0. The van der Waals surface area contributed by atoms with E-state index in [-0.39, 0.29) is 5.41 Å². The van der Waals surface area contributed by atoms with E-state index in [1.165, 1.54) is 49.2 Å². The Kier molecular flexibility index (Phi) is 6.23. The molecule has 0 spiro atoms. The Bertz CT molecular complexity index is 2950. The van der Waals surface area contributed by atoms with Crippen LogP contribution in [0.2, 0.25) is 0 Å². The van der Waals surface area contributed by atoms with Gasteiger partial charge in [0.2, 0.25) is 0 Å². The van der Waals surface area contributed by atoms with Crippen molar-refractivity contribution in [2.75, 3.05) is 0 Å². The average Bonchev–Trinajstić information content (AvgIpc) is 3.44. The largest absolute Gasteiger partial charge is 0.450 e. The summed E-state index contributed by atoms with van der Waals surface area (Å²) in [7, 11) is 0. The fraction of sp³-hybridized carbons (Fsp3) is 0.0625. The first-order chi connectivity index (χ1) is 26.0. The molecule has 0 saturated heterocycles. The van der Waals surface area contributed by atoms with Crippen LogP contribution in [-0.2, 0) is 5.41 Å². The SMILES string of the molecule is CC1(C)c2ccccc2-c2cc3c(cc21)Oc1ccc(-c2nc(-c4ccccc4)nc(-c4ccc5c6ccccc6c6ccccc6c5c4)n2)cc1O3. The summed E-state index contributed by atoms with van der Waals surface area (Å²) in [4.78, 5) is 15.2. The zero-order valence-electron chi connectivity index (χ0n) is 29.1. The lowest BCUT2D eigenvalue weighted by atomic mass is 9.82. The summed E-state index contributed by atoms with van der Waals surface area (Å²) < 4.78 is 13.1. The predicted octanol–water partition coefficient (Wildman–Crippen LogP) is 12.5. The first kappa shape index (κ1) is 29.8. The molecule has 11 rings (SSSR count). The van der Waals surface area contributed by atoms with E-state index in [1.54, 1.807) is 0 Å². The van der Waals surface area contributed by atoms with Crippen LogP contribution in [0.25, 0.3) is 77.6 Å². The van der Waals surface area contributed by atoms with Crippen molar-refractivity contribution in [2.24, 2.45) is 0 Å². The van der Waals surface area contributed by atoms with Gasteiger partial charge in [-0.3, -0.25) is 0 Å². The quantitative estimate of drug-likeness (QED) is 0.174. The molecule has 0 radical (unpaired) electrons. The van der Waals surface area contributed by atoms with E-state index in [0.29, 0.717) is 34.7 Å². The fourth-order valence-corrected chi connectivity index (χ4v) is 8.31. The third kappa shape index (κ3) is 4.54. The Balaban J connectivity index is 1.04. The molecule has 5 nitrogen and oxygen atoms in total. The topological polar surface area (TPSA) is 57.1 Å². The monoisotopic (exact) mass is 681 g/mol. The molecule has 0 N–H and O–H groups in total. The van der Waals surface area contributed by atoms with E-state index in [4.69, 9.17) is 24.4 Å². The summed E-state index contributed by atoms with van der Waals surface area (Å²) in [6.07, 6.45) is 0. The van der Waals surface area contributed by atoms with E-state index in [0.717, 1.165) is 27.8 Å². The molecule has 0 unspecified atom stereocenters. The molecule has 0 atom stereocenters. The van der Waals surface area contributed by atoms with Crippen LogP contribution in [0.1, 0.15) is 25.0 Å². The van der Waals surface area contributed by atoms with Crippen LogP contribution in [0.3, 0.4) is 0 Å². The van der Waals surface area contributed by atoms with Crippen LogP contribution < -0.4 is 9.47 Å². The minimum Gasteiger partial charge on any atom is -0.450 e. The van der Waals surface area contributed by atoms with Gasteiger partial charge in [-0.15, -0.1) is 0 Å². The molecular weight excluding hydrogens is 651 g/mol. The highest BCUT2D eigenvalue weighted by atomic mass is 16.6. The Morgan fingerprint density at radius 2 is 0.868 bits per heavy atom. The van der Waals surface area contributed by atoms with Crippen molar-refractivity contribution in [2.45, 2.75) is 19.3 Å². The molecule has 1 aliphatic carbocycles. The predicted molar refractivity (Wildman–Crippen MR) is 213 cm³/mol. The van der Waals surface area contributed by atoms with Gasteiger partial charge in [-0.25, -0.2) is 15.0 Å². The Labute approximate surface area is 306 Å². The van der Waals surface area contributed by atoms with Crippen molar-refractivity contribution >= 4 is 32.3 Å². The fourth-order valence-electron chi connectivity index (χ4n) is 8.31. The molecule has 53 heavy (non-hydrogen) atoms. The number of hydrogen-bond donors (Lipinski definition) is 0. The minimum absolute atomic E-state index is 0.132. The van der Waals surface area contributed by atoms with Crippen molar-refractivity contribution in [3.05, 3.63) is 163 Å². The van der Waals surface area contributed by atoms with Gasteiger partial charge in [-0.1, -0.05) is 129 Å². The van der Waals surface area contributed by atoms with Gasteiger partial charge < -0.3 is 9.47 Å². The second-order valence-electron chi connectivity index (χ2n) is 14.4. The summed E-state index contributed by atoms with van der Waals surface area (Å²) >= 11 is 0. The number of rotatable bonds is 3. The molecule has 2 heterocycles. The van der Waals surface area contributed by atoms with Gasteiger partial charge in [0, 0.05) is 22.1 Å². The standard InChI is InChI=1S/C48H31N3O2/c1-48(2)39-19-11-10-18-36(39)38-26-43-44(27-40(38)48)52-41-23-21-30(25-42(41)53-43)47-50-45(28-12-4-3-5-13-28)49-46(51-47)29-20-22-35-33-16-7-6-14-31(33)32-15-8-9-17-34(32)37(35)24-29/h3-27H,1-2H3. The van der Waals surface area contributed by atoms with Crippen molar-refractivity contribution in [1.82, 2.24) is 15.0 Å². The normalized spacial score (nSPS) is 13.5. The van der Waals surface area contributed by atoms with Gasteiger partial charge in [-0.2, -0.15) is 0 Å². The number of ether oxygens (including phenoxy) is 2. The molecule has 0 bridgehead atoms. The zero-order chi connectivity index (χ0) is 35.3. The smallest absolute Gasteiger partial charge is 0.170 e. The summed E-state index contributed by atoms with van der Waals surface area (Å²) in [6.45, 7) is 4.53. The van der Waals surface area contributed by atoms with Crippen molar-refractivity contribution in [3.63, 3.8) is 0 Å². The maximum Gasteiger partial charge on any atom is 0.170 e. The highest BCUT2D eigenvalue weighted by Gasteiger charge is 2.37. The second-order valence-corrected chi connectivity index (χ2v) is 14.4. The lowest BCUT2D eigenvalue weighted by molar-refractivity contribution is 0.359. The van der Waals surface area contributed by atoms with Crippen LogP contribution in [0, 0.1) is 0 Å². The van der Waals surface area contributed by atoms with E-state index >= 15 is 0 Å². The van der Waals surface area contributed by atoms with Gasteiger partial charge in [0.05, 0.1) is 0 Å². The lowest BCUT2D eigenvalue weighted by Gasteiger charge is -2.25. The molecule has 250 valence electrons. The van der Waals surface area contributed by atoms with Gasteiger partial charge >= 0.3 is 0 Å². The summed E-state index contributed by atoms with van der Waals surface area (Å²) in [5.41, 5.74) is 7.47. The second kappa shape index (κ2) is 11.1. The molecule has 2 aliphatic rings. The molecule has 9 aromatic rings. The number of aromatic nitrogens is 3. The molecule has 1 aromatic heterocycles. The van der Waals surface area contributed by atoms with Gasteiger partial charge in [0.15, 0.2) is 40.5 Å². The van der Waals surface area contributed by atoms with Gasteiger partial charge in [-0.05, 0) is 91.0 Å². The molecule has 0 saturated carbocycles. The van der Waals surface area contributed by atoms with E-state index in [1.807, 2.05) is 48.5 Å². The highest BCUT2D eigenvalue weighted by molar-refractivity contribution is 6.25. The summed E-state index contributed by atoms with van der Waals surface area (Å²) in [5.74, 6) is 4.44.